The zero-order chi connectivity index (χ0) is 15.4. The summed E-state index contributed by atoms with van der Waals surface area (Å²) in [7, 11) is 0. The molecule has 0 bridgehead atoms. The molecule has 2 rings (SSSR count). The van der Waals surface area contributed by atoms with Crippen LogP contribution in [0.3, 0.4) is 0 Å². The van der Waals surface area contributed by atoms with Crippen LogP contribution in [0.15, 0.2) is 28.8 Å². The Kier molecular flexibility index (Phi) is 4.64. The van der Waals surface area contributed by atoms with Crippen LogP contribution >= 0.6 is 0 Å². The maximum absolute atomic E-state index is 10.6. The number of hydrogen-bond donors (Lipinski definition) is 1. The van der Waals surface area contributed by atoms with Crippen molar-refractivity contribution in [1.29, 1.82) is 0 Å². The highest BCUT2D eigenvalue weighted by atomic mass is 16.6. The van der Waals surface area contributed by atoms with Crippen LogP contribution in [0.5, 0.6) is 0 Å². The van der Waals surface area contributed by atoms with Gasteiger partial charge in [-0.25, -0.2) is 0 Å². The third kappa shape index (κ3) is 3.63. The maximum atomic E-state index is 10.6. The summed E-state index contributed by atoms with van der Waals surface area (Å²) in [5.41, 5.74) is 6.46. The Morgan fingerprint density at radius 2 is 2.00 bits per heavy atom. The molecule has 0 spiro atoms. The van der Waals surface area contributed by atoms with Gasteiger partial charge in [0.1, 0.15) is 0 Å². The van der Waals surface area contributed by atoms with Gasteiger partial charge < -0.3 is 10.3 Å². The van der Waals surface area contributed by atoms with Gasteiger partial charge in [0.15, 0.2) is 0 Å². The molecule has 2 N–H and O–H groups in total. The van der Waals surface area contributed by atoms with Crippen molar-refractivity contribution >= 4 is 5.69 Å². The molecule has 1 unspecified atom stereocenters. The Bertz CT molecular complexity index is 607. The lowest BCUT2D eigenvalue weighted by atomic mass is 9.97. The van der Waals surface area contributed by atoms with E-state index in [1.54, 1.807) is 12.1 Å². The van der Waals surface area contributed by atoms with Crippen molar-refractivity contribution in [3.63, 3.8) is 0 Å². The summed E-state index contributed by atoms with van der Waals surface area (Å²) < 4.78 is 5.28. The van der Waals surface area contributed by atoms with Crippen LogP contribution in [-0.2, 0) is 0 Å². The third-order valence-corrected chi connectivity index (χ3v) is 3.17. The van der Waals surface area contributed by atoms with E-state index in [2.05, 4.69) is 24.0 Å². The number of nitro groups is 1. The molecule has 21 heavy (non-hydrogen) atoms. The fourth-order valence-electron chi connectivity index (χ4n) is 2.12. The first-order valence-corrected chi connectivity index (χ1v) is 6.79. The second-order valence-corrected chi connectivity index (χ2v) is 5.32. The lowest BCUT2D eigenvalue weighted by Gasteiger charge is -2.11. The Morgan fingerprint density at radius 1 is 1.33 bits per heavy atom. The highest BCUT2D eigenvalue weighted by Gasteiger charge is 2.19. The SMILES string of the molecule is CC(C)CC(CN)c1nc(-c2ccc([N+](=O)[O-])cc2)no1. The number of non-ortho nitro benzene ring substituents is 1. The monoisotopic (exact) mass is 290 g/mol. The number of nitrogens with two attached hydrogens (primary N) is 1. The van der Waals surface area contributed by atoms with Gasteiger partial charge in [-0.3, -0.25) is 10.1 Å². The first-order valence-electron chi connectivity index (χ1n) is 6.79. The average molecular weight is 290 g/mol. The van der Waals surface area contributed by atoms with Crippen LogP contribution in [0.2, 0.25) is 0 Å². The zero-order valence-corrected chi connectivity index (χ0v) is 12.0. The fourth-order valence-corrected chi connectivity index (χ4v) is 2.12. The number of rotatable bonds is 6. The molecular formula is C14H18N4O3. The van der Waals surface area contributed by atoms with E-state index in [9.17, 15) is 10.1 Å². The lowest BCUT2D eigenvalue weighted by Crippen LogP contribution is -2.15. The molecule has 1 atom stereocenters. The summed E-state index contributed by atoms with van der Waals surface area (Å²) in [5.74, 6) is 1.44. The Morgan fingerprint density at radius 3 is 2.52 bits per heavy atom. The maximum Gasteiger partial charge on any atom is 0.269 e. The molecule has 2 aromatic rings. The molecule has 1 aromatic carbocycles. The van der Waals surface area contributed by atoms with Gasteiger partial charge in [0.2, 0.25) is 11.7 Å². The molecule has 0 aliphatic rings. The minimum absolute atomic E-state index is 0.0297. The van der Waals surface area contributed by atoms with Crippen molar-refractivity contribution in [2.24, 2.45) is 11.7 Å². The van der Waals surface area contributed by atoms with Crippen LogP contribution in [-0.4, -0.2) is 21.6 Å². The predicted molar refractivity (Wildman–Crippen MR) is 77.6 cm³/mol. The van der Waals surface area contributed by atoms with Crippen molar-refractivity contribution in [2.45, 2.75) is 26.2 Å². The normalized spacial score (nSPS) is 12.6. The summed E-state index contributed by atoms with van der Waals surface area (Å²) in [6.45, 7) is 4.66. The van der Waals surface area contributed by atoms with Gasteiger partial charge in [0, 0.05) is 24.2 Å². The lowest BCUT2D eigenvalue weighted by molar-refractivity contribution is -0.384. The molecule has 7 nitrogen and oxygen atoms in total. The fraction of sp³-hybridized carbons (Fsp3) is 0.429. The molecule has 0 radical (unpaired) electrons. The van der Waals surface area contributed by atoms with E-state index < -0.39 is 4.92 Å². The first-order chi connectivity index (χ1) is 10.0. The molecule has 1 aromatic heterocycles. The van der Waals surface area contributed by atoms with Crippen LogP contribution in [0, 0.1) is 16.0 Å². The third-order valence-electron chi connectivity index (χ3n) is 3.17. The van der Waals surface area contributed by atoms with Crippen molar-refractivity contribution in [2.75, 3.05) is 6.54 Å². The summed E-state index contributed by atoms with van der Waals surface area (Å²) in [6, 6.07) is 6.04. The molecule has 7 heteroatoms. The van der Waals surface area contributed by atoms with Gasteiger partial charge in [0.25, 0.3) is 5.69 Å². The van der Waals surface area contributed by atoms with E-state index in [-0.39, 0.29) is 11.6 Å². The van der Waals surface area contributed by atoms with Crippen LogP contribution in [0.1, 0.15) is 32.1 Å². The second kappa shape index (κ2) is 6.45. The number of hydrogen-bond acceptors (Lipinski definition) is 6. The van der Waals surface area contributed by atoms with Crippen molar-refractivity contribution < 1.29 is 9.45 Å². The van der Waals surface area contributed by atoms with E-state index in [1.807, 2.05) is 0 Å². The van der Waals surface area contributed by atoms with Crippen LogP contribution in [0.25, 0.3) is 11.4 Å². The van der Waals surface area contributed by atoms with Crippen molar-refractivity contribution in [3.8, 4) is 11.4 Å². The van der Waals surface area contributed by atoms with E-state index in [4.69, 9.17) is 10.3 Å². The van der Waals surface area contributed by atoms with Crippen LogP contribution in [0.4, 0.5) is 5.69 Å². The molecule has 1 heterocycles. The Labute approximate surface area is 122 Å². The molecule has 0 aliphatic carbocycles. The standard InChI is InChI=1S/C14H18N4O3/c1-9(2)7-11(8-15)14-16-13(17-21-14)10-3-5-12(6-4-10)18(19)20/h3-6,9,11H,7-8,15H2,1-2H3. The van der Waals surface area contributed by atoms with Gasteiger partial charge >= 0.3 is 0 Å². The van der Waals surface area contributed by atoms with Gasteiger partial charge in [-0.1, -0.05) is 19.0 Å². The summed E-state index contributed by atoms with van der Waals surface area (Å²) in [5, 5.41) is 14.6. The number of nitro benzene ring substituents is 1. The van der Waals surface area contributed by atoms with Crippen LogP contribution < -0.4 is 5.73 Å². The van der Waals surface area contributed by atoms with E-state index in [1.165, 1.54) is 12.1 Å². The summed E-state index contributed by atoms with van der Waals surface area (Å²) in [6.07, 6.45) is 0.873. The number of benzene rings is 1. The predicted octanol–water partition coefficient (Wildman–Crippen LogP) is 2.73. The molecular weight excluding hydrogens is 272 g/mol. The van der Waals surface area contributed by atoms with Gasteiger partial charge in [-0.05, 0) is 24.5 Å². The highest BCUT2D eigenvalue weighted by Crippen LogP contribution is 2.25. The Balaban J connectivity index is 2.20. The summed E-state index contributed by atoms with van der Waals surface area (Å²) >= 11 is 0. The van der Waals surface area contributed by atoms with Crippen molar-refractivity contribution in [1.82, 2.24) is 10.1 Å². The van der Waals surface area contributed by atoms with E-state index in [0.717, 1.165) is 6.42 Å². The van der Waals surface area contributed by atoms with Gasteiger partial charge in [-0.2, -0.15) is 4.98 Å². The molecule has 0 aliphatic heterocycles. The largest absolute Gasteiger partial charge is 0.339 e. The first kappa shape index (κ1) is 15.1. The second-order valence-electron chi connectivity index (χ2n) is 5.32. The van der Waals surface area contributed by atoms with E-state index >= 15 is 0 Å². The van der Waals surface area contributed by atoms with Gasteiger partial charge in [0.05, 0.1) is 10.8 Å². The summed E-state index contributed by atoms with van der Waals surface area (Å²) in [4.78, 5) is 14.5. The number of aromatic nitrogens is 2. The minimum atomic E-state index is -0.446. The topological polar surface area (TPSA) is 108 Å². The molecule has 112 valence electrons. The average Bonchev–Trinajstić information content (AvgIpc) is 2.94. The molecule has 0 amide bonds. The smallest absolute Gasteiger partial charge is 0.269 e. The van der Waals surface area contributed by atoms with E-state index in [0.29, 0.717) is 29.7 Å². The minimum Gasteiger partial charge on any atom is -0.339 e. The van der Waals surface area contributed by atoms with Gasteiger partial charge in [-0.15, -0.1) is 0 Å². The van der Waals surface area contributed by atoms with Crippen molar-refractivity contribution in [3.05, 3.63) is 40.3 Å². The Hall–Kier alpha value is -2.28. The molecule has 0 saturated carbocycles. The number of nitrogens with zero attached hydrogens (tertiary/aromatic N) is 3. The molecule has 0 fully saturated rings. The zero-order valence-electron chi connectivity index (χ0n) is 12.0. The quantitative estimate of drug-likeness (QED) is 0.647. The molecule has 0 saturated heterocycles. The highest BCUT2D eigenvalue weighted by molar-refractivity contribution is 5.56.